The summed E-state index contributed by atoms with van der Waals surface area (Å²) in [4.78, 5) is 11.6. The van der Waals surface area contributed by atoms with Crippen LogP contribution in [-0.4, -0.2) is 19.7 Å². The van der Waals surface area contributed by atoms with E-state index in [9.17, 15) is 0 Å². The second-order valence-corrected chi connectivity index (χ2v) is 7.23. The molecule has 0 amide bonds. The van der Waals surface area contributed by atoms with Crippen molar-refractivity contribution in [1.29, 1.82) is 0 Å². The molecule has 0 aliphatic heterocycles. The second-order valence-electron chi connectivity index (χ2n) is 7.23. The molecular weight excluding hydrogens is 370 g/mol. The van der Waals surface area contributed by atoms with E-state index in [0.717, 1.165) is 33.5 Å². The van der Waals surface area contributed by atoms with E-state index in [-0.39, 0.29) is 0 Å². The lowest BCUT2D eigenvalue weighted by Gasteiger charge is -2.09. The topological polar surface area (TPSA) is 50.9 Å². The summed E-state index contributed by atoms with van der Waals surface area (Å²) in [5, 5.41) is 4.95. The lowest BCUT2D eigenvalue weighted by molar-refractivity contribution is 0.695. The smallest absolute Gasteiger partial charge is 0.189 e. The first kappa shape index (κ1) is 17.9. The average molecular weight is 389 g/mol. The van der Waals surface area contributed by atoms with Crippen molar-refractivity contribution < 1.29 is 0 Å². The van der Waals surface area contributed by atoms with Gasteiger partial charge in [0.15, 0.2) is 11.5 Å². The molecule has 2 heterocycles. The van der Waals surface area contributed by atoms with Gasteiger partial charge in [0.2, 0.25) is 0 Å². The Morgan fingerprint density at radius 1 is 0.967 bits per heavy atom. The van der Waals surface area contributed by atoms with Crippen LogP contribution in [0.15, 0.2) is 78.9 Å². The summed E-state index contributed by atoms with van der Waals surface area (Å²) in [5.41, 5.74) is 7.55. The second kappa shape index (κ2) is 7.34. The van der Waals surface area contributed by atoms with E-state index < -0.39 is 0 Å². The number of imidazole rings is 1. The fourth-order valence-corrected chi connectivity index (χ4v) is 3.79. The number of aromatic amines is 1. The Balaban J connectivity index is 1.67. The van der Waals surface area contributed by atoms with Crippen LogP contribution in [0.1, 0.15) is 11.1 Å². The van der Waals surface area contributed by atoms with Gasteiger partial charge in [-0.2, -0.15) is 5.10 Å². The zero-order valence-electron chi connectivity index (χ0n) is 16.5. The molecule has 2 aromatic heterocycles. The highest BCUT2D eigenvalue weighted by Gasteiger charge is 2.20. The van der Waals surface area contributed by atoms with Gasteiger partial charge >= 0.3 is 0 Å². The van der Waals surface area contributed by atoms with Crippen LogP contribution in [0.5, 0.6) is 0 Å². The largest absolute Gasteiger partial charge is 0.338 e. The molecule has 0 bridgehead atoms. The van der Waals surface area contributed by atoms with Crippen molar-refractivity contribution in [3.63, 3.8) is 0 Å². The Morgan fingerprint density at radius 2 is 1.70 bits per heavy atom. The van der Waals surface area contributed by atoms with Gasteiger partial charge in [0.1, 0.15) is 5.69 Å². The fourth-order valence-electron chi connectivity index (χ4n) is 3.79. The van der Waals surface area contributed by atoms with Crippen LogP contribution in [0.25, 0.3) is 38.7 Å². The average Bonchev–Trinajstić information content (AvgIpc) is 3.35. The number of hydrogen-bond donors (Lipinski definition) is 1. The number of hydrogen-bond acceptors (Lipinski definition) is 2. The third kappa shape index (κ3) is 3.15. The number of benzene rings is 3. The Labute approximate surface area is 174 Å². The van der Waals surface area contributed by atoms with Crippen LogP contribution in [0.2, 0.25) is 0 Å². The minimum Gasteiger partial charge on any atom is -0.338 e. The molecule has 1 N–H and O–H groups in total. The van der Waals surface area contributed by atoms with Gasteiger partial charge in [-0.05, 0) is 24.6 Å². The van der Waals surface area contributed by atoms with Crippen molar-refractivity contribution in [2.24, 2.45) is 0 Å². The summed E-state index contributed by atoms with van der Waals surface area (Å²) in [6, 6.07) is 26.1. The van der Waals surface area contributed by atoms with Gasteiger partial charge in [0, 0.05) is 11.1 Å². The van der Waals surface area contributed by atoms with Gasteiger partial charge in [-0.15, -0.1) is 0 Å². The van der Waals surface area contributed by atoms with E-state index in [1.807, 2.05) is 53.2 Å². The Hall–Kier alpha value is -4.17. The molecule has 0 fully saturated rings. The van der Waals surface area contributed by atoms with Gasteiger partial charge in [0.25, 0.3) is 0 Å². The van der Waals surface area contributed by atoms with E-state index in [1.165, 1.54) is 5.56 Å². The van der Waals surface area contributed by atoms with Crippen molar-refractivity contribution in [2.45, 2.75) is 13.5 Å². The van der Waals surface area contributed by atoms with E-state index in [4.69, 9.17) is 16.7 Å². The lowest BCUT2D eigenvalue weighted by Crippen LogP contribution is -2.04. The van der Waals surface area contributed by atoms with Crippen molar-refractivity contribution in [3.8, 4) is 22.8 Å². The van der Waals surface area contributed by atoms with E-state index in [2.05, 4.69) is 41.0 Å². The summed E-state index contributed by atoms with van der Waals surface area (Å²) >= 11 is 0. The standard InChI is InChI=1S/C25H19N5/c1-17-23(25-27-21-14-13-20(26-2)15-22(21)28-25)29-30(16-18-9-5-3-6-10-18)24(17)19-11-7-4-8-12-19/h3-15H,16H2,1H3,(H,27,28). The van der Waals surface area contributed by atoms with E-state index in [1.54, 1.807) is 6.07 Å². The predicted octanol–water partition coefficient (Wildman–Crippen LogP) is 6.00. The fraction of sp³-hybridized carbons (Fsp3) is 0.0800. The maximum Gasteiger partial charge on any atom is 0.189 e. The quantitative estimate of drug-likeness (QED) is 0.383. The lowest BCUT2D eigenvalue weighted by atomic mass is 10.1. The van der Waals surface area contributed by atoms with Crippen molar-refractivity contribution in [3.05, 3.63) is 101 Å². The molecule has 5 heteroatoms. The molecule has 0 unspecified atom stereocenters. The number of nitrogens with one attached hydrogen (secondary N) is 1. The number of nitrogens with zero attached hydrogens (tertiary/aromatic N) is 4. The number of fused-ring (bicyclic) bond motifs is 1. The SMILES string of the molecule is [C-]#[N+]c1ccc2nc(-c3nn(Cc4ccccc4)c(-c4ccccc4)c3C)[nH]c2c1. The molecule has 0 spiro atoms. The molecule has 0 saturated heterocycles. The summed E-state index contributed by atoms with van der Waals surface area (Å²) in [6.45, 7) is 9.99. The first-order chi connectivity index (χ1) is 14.7. The first-order valence-electron chi connectivity index (χ1n) is 9.77. The highest BCUT2D eigenvalue weighted by Crippen LogP contribution is 2.32. The number of H-pyrrole nitrogens is 1. The Bertz CT molecular complexity index is 1370. The molecule has 30 heavy (non-hydrogen) atoms. The van der Waals surface area contributed by atoms with Crippen molar-refractivity contribution >= 4 is 16.7 Å². The third-order valence-electron chi connectivity index (χ3n) is 5.23. The van der Waals surface area contributed by atoms with Crippen molar-refractivity contribution in [1.82, 2.24) is 19.7 Å². The van der Waals surface area contributed by atoms with Gasteiger partial charge < -0.3 is 4.98 Å². The van der Waals surface area contributed by atoms with Crippen LogP contribution < -0.4 is 0 Å². The Kier molecular flexibility index (Phi) is 4.38. The van der Waals surface area contributed by atoms with E-state index >= 15 is 0 Å². The zero-order chi connectivity index (χ0) is 20.5. The molecule has 5 aromatic rings. The van der Waals surface area contributed by atoms with Crippen molar-refractivity contribution in [2.75, 3.05) is 0 Å². The van der Waals surface area contributed by atoms with E-state index in [0.29, 0.717) is 18.1 Å². The summed E-state index contributed by atoms with van der Waals surface area (Å²) in [6.07, 6.45) is 0. The summed E-state index contributed by atoms with van der Waals surface area (Å²) in [7, 11) is 0. The normalized spacial score (nSPS) is 10.9. The molecule has 0 aliphatic rings. The van der Waals surface area contributed by atoms with Crippen LogP contribution in [-0.2, 0) is 6.54 Å². The number of rotatable bonds is 4. The van der Waals surface area contributed by atoms with Gasteiger partial charge in [-0.25, -0.2) is 9.83 Å². The van der Waals surface area contributed by atoms with Crippen LogP contribution in [0.4, 0.5) is 5.69 Å². The molecule has 0 aliphatic carbocycles. The highest BCUT2D eigenvalue weighted by atomic mass is 15.3. The molecule has 0 atom stereocenters. The highest BCUT2D eigenvalue weighted by molar-refractivity contribution is 5.83. The molecule has 0 saturated carbocycles. The third-order valence-corrected chi connectivity index (χ3v) is 5.23. The predicted molar refractivity (Wildman–Crippen MR) is 119 cm³/mol. The molecular formula is C25H19N5. The zero-order valence-corrected chi connectivity index (χ0v) is 16.5. The molecule has 0 radical (unpaired) electrons. The van der Waals surface area contributed by atoms with Crippen LogP contribution >= 0.6 is 0 Å². The molecule has 5 nitrogen and oxygen atoms in total. The van der Waals surface area contributed by atoms with Crippen LogP contribution in [0, 0.1) is 13.5 Å². The van der Waals surface area contributed by atoms with Gasteiger partial charge in [-0.1, -0.05) is 66.7 Å². The monoisotopic (exact) mass is 389 g/mol. The maximum absolute atomic E-state index is 7.23. The molecule has 5 rings (SSSR count). The van der Waals surface area contributed by atoms with Crippen LogP contribution in [0.3, 0.4) is 0 Å². The first-order valence-corrected chi connectivity index (χ1v) is 9.77. The summed E-state index contributed by atoms with van der Waals surface area (Å²) in [5.74, 6) is 0.716. The number of aromatic nitrogens is 4. The molecule has 3 aromatic carbocycles. The maximum atomic E-state index is 7.23. The summed E-state index contributed by atoms with van der Waals surface area (Å²) < 4.78 is 2.05. The van der Waals surface area contributed by atoms with Gasteiger partial charge in [0.05, 0.1) is 29.8 Å². The minimum atomic E-state index is 0.592. The minimum absolute atomic E-state index is 0.592. The van der Waals surface area contributed by atoms with Gasteiger partial charge in [-0.3, -0.25) is 4.68 Å². The Morgan fingerprint density at radius 3 is 2.43 bits per heavy atom. The molecule has 144 valence electrons.